The number of likely N-dealkylation sites (tertiary alicyclic amines) is 1. The minimum absolute atomic E-state index is 0.0150. The van der Waals surface area contributed by atoms with Crippen molar-refractivity contribution in [2.75, 3.05) is 44.2 Å². The third-order valence-electron chi connectivity index (χ3n) is 8.27. The summed E-state index contributed by atoms with van der Waals surface area (Å²) in [4.78, 5) is 30.6. The summed E-state index contributed by atoms with van der Waals surface area (Å²) >= 11 is 6.34. The van der Waals surface area contributed by atoms with Gasteiger partial charge in [0.05, 0.1) is 28.9 Å². The van der Waals surface area contributed by atoms with Crippen LogP contribution in [0.5, 0.6) is 6.01 Å². The second-order valence-corrected chi connectivity index (χ2v) is 11.0. The van der Waals surface area contributed by atoms with Crippen LogP contribution in [0.1, 0.15) is 19.8 Å². The lowest BCUT2D eigenvalue weighted by Gasteiger charge is -2.40. The van der Waals surface area contributed by atoms with E-state index in [9.17, 15) is 19.6 Å². The number of likely N-dealkylation sites (N-methyl/N-ethyl adjacent to an activating group) is 1. The predicted octanol–water partition coefficient (Wildman–Crippen LogP) is 5.33. The monoisotopic (exact) mass is 607 g/mol. The first-order valence-electron chi connectivity index (χ1n) is 14.0. The smallest absolute Gasteiger partial charge is 0.407 e. The highest BCUT2D eigenvalue weighted by atomic mass is 35.5. The fourth-order valence-electron chi connectivity index (χ4n) is 5.87. The zero-order valence-electron chi connectivity index (χ0n) is 23.3. The van der Waals surface area contributed by atoms with E-state index in [-0.39, 0.29) is 54.3 Å². The van der Waals surface area contributed by atoms with Gasteiger partial charge in [-0.1, -0.05) is 42.8 Å². The van der Waals surface area contributed by atoms with E-state index in [4.69, 9.17) is 16.3 Å². The first-order valence-corrected chi connectivity index (χ1v) is 14.4. The fourth-order valence-corrected chi connectivity index (χ4v) is 6.15. The second kappa shape index (κ2) is 11.7. The van der Waals surface area contributed by atoms with Gasteiger partial charge in [0.15, 0.2) is 5.82 Å². The highest BCUT2D eigenvalue weighted by Crippen LogP contribution is 2.38. The molecular weight excluding hydrogens is 580 g/mol. The molecule has 0 saturated carbocycles. The SMILES string of the molecule is CCN1CCC1COc1nc(N2CCN(C(=O)O)C(CC#N)C2)c2cnc(-c3cccc4ccc(F)c(Cl)c34)c(F)c2n1. The molecule has 43 heavy (non-hydrogen) atoms. The van der Waals surface area contributed by atoms with Crippen LogP contribution >= 0.6 is 11.6 Å². The Morgan fingerprint density at radius 3 is 2.74 bits per heavy atom. The normalized spacial score (nSPS) is 19.0. The lowest BCUT2D eigenvalue weighted by atomic mass is 10.0. The third kappa shape index (κ3) is 5.23. The molecular formula is C30H28ClF2N7O3. The van der Waals surface area contributed by atoms with Crippen molar-refractivity contribution < 1.29 is 23.4 Å². The summed E-state index contributed by atoms with van der Waals surface area (Å²) in [5.41, 5.74) is 0.199. The van der Waals surface area contributed by atoms with E-state index in [1.807, 2.05) is 4.90 Å². The van der Waals surface area contributed by atoms with E-state index in [0.29, 0.717) is 34.1 Å². The predicted molar refractivity (Wildman–Crippen MR) is 157 cm³/mol. The molecule has 2 saturated heterocycles. The fraction of sp³-hybridized carbons (Fsp3) is 0.367. The van der Waals surface area contributed by atoms with E-state index in [0.717, 1.165) is 19.5 Å². The minimum Gasteiger partial charge on any atom is -0.465 e. The molecule has 0 radical (unpaired) electrons. The molecule has 10 nitrogen and oxygen atoms in total. The van der Waals surface area contributed by atoms with Gasteiger partial charge >= 0.3 is 12.1 Å². The Balaban J connectivity index is 1.47. The van der Waals surface area contributed by atoms with Gasteiger partial charge in [-0.15, -0.1) is 0 Å². The minimum atomic E-state index is -1.11. The van der Waals surface area contributed by atoms with Crippen LogP contribution in [0.2, 0.25) is 5.02 Å². The van der Waals surface area contributed by atoms with Gasteiger partial charge in [0, 0.05) is 49.4 Å². The molecule has 2 aromatic heterocycles. The maximum absolute atomic E-state index is 16.5. The molecule has 1 N–H and O–H groups in total. The molecule has 4 aromatic rings. The molecule has 2 aromatic carbocycles. The molecule has 222 valence electrons. The molecule has 4 heterocycles. The van der Waals surface area contributed by atoms with Crippen LogP contribution in [0.3, 0.4) is 0 Å². The topological polar surface area (TPSA) is 119 Å². The van der Waals surface area contributed by atoms with Crippen molar-refractivity contribution in [1.82, 2.24) is 24.8 Å². The van der Waals surface area contributed by atoms with Crippen LogP contribution in [0.4, 0.5) is 19.4 Å². The number of aromatic nitrogens is 3. The second-order valence-electron chi connectivity index (χ2n) is 10.6. The number of amides is 1. The lowest BCUT2D eigenvalue weighted by molar-refractivity contribution is 0.0530. The van der Waals surface area contributed by atoms with Crippen LogP contribution in [-0.2, 0) is 0 Å². The quantitative estimate of drug-likeness (QED) is 0.297. The van der Waals surface area contributed by atoms with Crippen LogP contribution in [-0.4, -0.2) is 87.4 Å². The van der Waals surface area contributed by atoms with Gasteiger partial charge in [0.2, 0.25) is 0 Å². The van der Waals surface area contributed by atoms with Gasteiger partial charge in [-0.25, -0.2) is 13.6 Å². The van der Waals surface area contributed by atoms with Crippen LogP contribution < -0.4 is 9.64 Å². The Labute approximate surface area is 251 Å². The average molecular weight is 608 g/mol. The van der Waals surface area contributed by atoms with Crippen molar-refractivity contribution >= 4 is 45.2 Å². The molecule has 0 spiro atoms. The van der Waals surface area contributed by atoms with Crippen LogP contribution in [0.25, 0.3) is 32.9 Å². The maximum Gasteiger partial charge on any atom is 0.407 e. The van der Waals surface area contributed by atoms with Crippen LogP contribution in [0, 0.1) is 23.0 Å². The first-order chi connectivity index (χ1) is 20.8. The molecule has 2 aliphatic heterocycles. The Kier molecular flexibility index (Phi) is 7.85. The van der Waals surface area contributed by atoms with Crippen molar-refractivity contribution in [3.05, 3.63) is 53.2 Å². The summed E-state index contributed by atoms with van der Waals surface area (Å²) in [5, 5.41) is 20.1. The van der Waals surface area contributed by atoms with Gasteiger partial charge in [0.1, 0.15) is 29.5 Å². The number of hydrogen-bond acceptors (Lipinski definition) is 8. The highest BCUT2D eigenvalue weighted by Gasteiger charge is 2.33. The number of fused-ring (bicyclic) bond motifs is 2. The maximum atomic E-state index is 16.5. The van der Waals surface area contributed by atoms with Gasteiger partial charge in [-0.3, -0.25) is 9.88 Å². The molecule has 2 unspecified atom stereocenters. The summed E-state index contributed by atoms with van der Waals surface area (Å²) in [6, 6.07) is 9.53. The zero-order chi connectivity index (χ0) is 30.2. The van der Waals surface area contributed by atoms with Crippen molar-refractivity contribution in [2.45, 2.75) is 31.8 Å². The Bertz CT molecular complexity index is 1770. The third-order valence-corrected chi connectivity index (χ3v) is 8.64. The number of piperazine rings is 1. The van der Waals surface area contributed by atoms with E-state index >= 15 is 4.39 Å². The largest absolute Gasteiger partial charge is 0.465 e. The van der Waals surface area contributed by atoms with E-state index in [2.05, 4.69) is 32.8 Å². The lowest BCUT2D eigenvalue weighted by Crippen LogP contribution is -2.55. The van der Waals surface area contributed by atoms with E-state index < -0.39 is 23.8 Å². The van der Waals surface area contributed by atoms with E-state index in [1.165, 1.54) is 17.2 Å². The molecule has 1 amide bonds. The summed E-state index contributed by atoms with van der Waals surface area (Å²) in [6.45, 7) is 4.79. The first kappa shape index (κ1) is 28.8. The number of benzene rings is 2. The number of carboxylic acid groups (broad SMARTS) is 1. The van der Waals surface area contributed by atoms with Gasteiger partial charge in [-0.2, -0.15) is 15.2 Å². The molecule has 13 heteroatoms. The Hall–Kier alpha value is -4.34. The number of nitrogens with zero attached hydrogens (tertiary/aromatic N) is 7. The van der Waals surface area contributed by atoms with Crippen molar-refractivity contribution in [1.29, 1.82) is 5.26 Å². The average Bonchev–Trinajstić information content (AvgIpc) is 2.99. The number of pyridine rings is 1. The van der Waals surface area contributed by atoms with Gasteiger partial charge in [0.25, 0.3) is 0 Å². The van der Waals surface area contributed by atoms with Gasteiger partial charge < -0.3 is 19.6 Å². The number of ether oxygens (including phenoxy) is 1. The highest BCUT2D eigenvalue weighted by molar-refractivity contribution is 6.36. The van der Waals surface area contributed by atoms with Gasteiger partial charge in [-0.05, 0) is 24.4 Å². The van der Waals surface area contributed by atoms with Crippen molar-refractivity contribution in [2.24, 2.45) is 0 Å². The number of hydrogen-bond donors (Lipinski definition) is 1. The molecule has 0 bridgehead atoms. The molecule has 2 aliphatic rings. The summed E-state index contributed by atoms with van der Waals surface area (Å²) in [5.74, 6) is -1.06. The Morgan fingerprint density at radius 2 is 2.02 bits per heavy atom. The number of halogens is 3. The molecule has 6 rings (SSSR count). The number of rotatable bonds is 7. The van der Waals surface area contributed by atoms with Crippen molar-refractivity contribution in [3.63, 3.8) is 0 Å². The van der Waals surface area contributed by atoms with E-state index in [1.54, 1.807) is 24.3 Å². The zero-order valence-corrected chi connectivity index (χ0v) is 24.1. The number of anilines is 1. The standard InChI is InChI=1S/C30H28ClF2N7O3/c1-2-38-11-9-19(38)16-43-29-36-27-21(28(37-29)39-12-13-40(30(41)42)18(15-39)8-10-34)14-35-26(25(27)33)20-5-3-4-17-6-7-22(32)24(31)23(17)20/h3-7,14,18-19H,2,8-9,11-13,15-16H2,1H3,(H,41,42). The molecule has 2 fully saturated rings. The number of carbonyl (C=O) groups is 1. The molecule has 0 aliphatic carbocycles. The summed E-state index contributed by atoms with van der Waals surface area (Å²) in [6.07, 6.45) is 1.29. The summed E-state index contributed by atoms with van der Waals surface area (Å²) in [7, 11) is 0. The molecule has 2 atom stereocenters. The Morgan fingerprint density at radius 1 is 1.19 bits per heavy atom. The van der Waals surface area contributed by atoms with Crippen molar-refractivity contribution in [3.8, 4) is 23.3 Å². The number of nitriles is 1. The van der Waals surface area contributed by atoms with Crippen LogP contribution in [0.15, 0.2) is 36.5 Å². The summed E-state index contributed by atoms with van der Waals surface area (Å²) < 4.78 is 37.0.